The van der Waals surface area contributed by atoms with Crippen LogP contribution in [0.4, 0.5) is 5.95 Å². The number of carbonyl (C=O) groups excluding carboxylic acids is 1. The zero-order chi connectivity index (χ0) is 19.4. The SMILES string of the molecule is CC[C@@H](c1cccnc1)N(C)C(=O)c1cnc(N2CCN(C)CC2)nc1C. The third kappa shape index (κ3) is 4.24. The molecule has 1 aliphatic heterocycles. The highest BCUT2D eigenvalue weighted by Gasteiger charge is 2.24. The zero-order valence-corrected chi connectivity index (χ0v) is 16.6. The Balaban J connectivity index is 1.78. The number of hydrogen-bond acceptors (Lipinski definition) is 6. The Labute approximate surface area is 161 Å². The molecule has 0 radical (unpaired) electrons. The van der Waals surface area contributed by atoms with Crippen molar-refractivity contribution in [2.45, 2.75) is 26.3 Å². The molecule has 27 heavy (non-hydrogen) atoms. The van der Waals surface area contributed by atoms with Gasteiger partial charge in [-0.05, 0) is 32.0 Å². The van der Waals surface area contributed by atoms with Crippen LogP contribution >= 0.6 is 0 Å². The number of aryl methyl sites for hydroxylation is 1. The number of nitrogens with zero attached hydrogens (tertiary/aromatic N) is 6. The first-order chi connectivity index (χ1) is 13.0. The van der Waals surface area contributed by atoms with Crippen molar-refractivity contribution in [1.82, 2.24) is 24.8 Å². The van der Waals surface area contributed by atoms with Crippen molar-refractivity contribution < 1.29 is 4.79 Å². The summed E-state index contributed by atoms with van der Waals surface area (Å²) in [7, 11) is 3.95. The summed E-state index contributed by atoms with van der Waals surface area (Å²) >= 11 is 0. The number of hydrogen-bond donors (Lipinski definition) is 0. The Bertz CT molecular complexity index is 773. The minimum absolute atomic E-state index is 0.0251. The normalized spacial score (nSPS) is 16.2. The Morgan fingerprint density at radius 2 is 2.00 bits per heavy atom. The third-order valence-corrected chi connectivity index (χ3v) is 5.23. The molecule has 7 heteroatoms. The highest BCUT2D eigenvalue weighted by atomic mass is 16.2. The largest absolute Gasteiger partial charge is 0.338 e. The Morgan fingerprint density at radius 1 is 1.26 bits per heavy atom. The van der Waals surface area contributed by atoms with Gasteiger partial charge in [-0.15, -0.1) is 0 Å². The van der Waals surface area contributed by atoms with Crippen molar-refractivity contribution in [3.63, 3.8) is 0 Å². The molecule has 1 atom stereocenters. The standard InChI is InChI=1S/C20H28N6O/c1-5-18(16-7-6-8-21-13-16)25(4)19(27)17-14-22-20(23-15(17)2)26-11-9-24(3)10-12-26/h6-8,13-14,18H,5,9-12H2,1-4H3/t18-/m0/s1. The summed E-state index contributed by atoms with van der Waals surface area (Å²) in [5.74, 6) is 0.646. The topological polar surface area (TPSA) is 65.5 Å². The third-order valence-electron chi connectivity index (χ3n) is 5.23. The van der Waals surface area contributed by atoms with Gasteiger partial charge in [-0.1, -0.05) is 13.0 Å². The summed E-state index contributed by atoms with van der Waals surface area (Å²) in [6, 6.07) is 3.88. The Kier molecular flexibility index (Phi) is 6.01. The van der Waals surface area contributed by atoms with Gasteiger partial charge in [-0.2, -0.15) is 0 Å². The number of carbonyl (C=O) groups is 1. The first kappa shape index (κ1) is 19.2. The molecule has 0 unspecified atom stereocenters. The van der Waals surface area contributed by atoms with Gasteiger partial charge < -0.3 is 14.7 Å². The molecule has 1 amide bonds. The molecular weight excluding hydrogens is 340 g/mol. The maximum atomic E-state index is 13.1. The Hall–Kier alpha value is -2.54. The molecule has 1 fully saturated rings. The maximum absolute atomic E-state index is 13.1. The van der Waals surface area contributed by atoms with Gasteiger partial charge in [0.2, 0.25) is 5.95 Å². The molecule has 0 bridgehead atoms. The number of likely N-dealkylation sites (N-methyl/N-ethyl adjacent to an activating group) is 1. The molecule has 3 rings (SSSR count). The summed E-state index contributed by atoms with van der Waals surface area (Å²) in [5, 5.41) is 0. The number of rotatable bonds is 5. The molecule has 2 aromatic heterocycles. The lowest BCUT2D eigenvalue weighted by atomic mass is 10.0. The zero-order valence-electron chi connectivity index (χ0n) is 16.6. The van der Waals surface area contributed by atoms with E-state index in [9.17, 15) is 4.79 Å². The lowest BCUT2D eigenvalue weighted by molar-refractivity contribution is 0.0724. The second kappa shape index (κ2) is 8.43. The van der Waals surface area contributed by atoms with Crippen LogP contribution in [0.3, 0.4) is 0 Å². The fraction of sp³-hybridized carbons (Fsp3) is 0.500. The van der Waals surface area contributed by atoms with Crippen molar-refractivity contribution in [2.75, 3.05) is 45.2 Å². The monoisotopic (exact) mass is 368 g/mol. The molecule has 0 N–H and O–H groups in total. The fourth-order valence-electron chi connectivity index (χ4n) is 3.46. The summed E-state index contributed by atoms with van der Waals surface area (Å²) in [4.78, 5) is 32.6. The van der Waals surface area contributed by atoms with Crippen LogP contribution in [0.1, 0.15) is 41.0 Å². The van der Waals surface area contributed by atoms with E-state index in [2.05, 4.69) is 38.7 Å². The van der Waals surface area contributed by atoms with Gasteiger partial charge in [0.25, 0.3) is 5.91 Å². The van der Waals surface area contributed by atoms with Gasteiger partial charge in [-0.25, -0.2) is 9.97 Å². The highest BCUT2D eigenvalue weighted by Crippen LogP contribution is 2.24. The van der Waals surface area contributed by atoms with Crippen molar-refractivity contribution in [3.05, 3.63) is 47.5 Å². The fourth-order valence-corrected chi connectivity index (χ4v) is 3.46. The van der Waals surface area contributed by atoms with Gasteiger partial charge in [0.15, 0.2) is 0 Å². The molecule has 144 valence electrons. The van der Waals surface area contributed by atoms with E-state index in [-0.39, 0.29) is 11.9 Å². The molecule has 0 spiro atoms. The molecule has 0 aromatic carbocycles. The van der Waals surface area contributed by atoms with Gasteiger partial charge in [-0.3, -0.25) is 9.78 Å². The number of aromatic nitrogens is 3. The smallest absolute Gasteiger partial charge is 0.257 e. The average Bonchev–Trinajstić information content (AvgIpc) is 2.69. The first-order valence-corrected chi connectivity index (χ1v) is 9.45. The number of anilines is 1. The van der Waals surface area contributed by atoms with E-state index in [1.807, 2.05) is 32.3 Å². The predicted octanol–water partition coefficient (Wildman–Crippen LogP) is 2.16. The second-order valence-electron chi connectivity index (χ2n) is 7.09. The molecule has 2 aromatic rings. The summed E-state index contributed by atoms with van der Waals surface area (Å²) in [5.41, 5.74) is 2.30. The Morgan fingerprint density at radius 3 is 2.59 bits per heavy atom. The van der Waals surface area contributed by atoms with E-state index in [0.29, 0.717) is 11.5 Å². The van der Waals surface area contributed by atoms with Gasteiger partial charge >= 0.3 is 0 Å². The highest BCUT2D eigenvalue weighted by molar-refractivity contribution is 5.95. The number of amides is 1. The summed E-state index contributed by atoms with van der Waals surface area (Å²) < 4.78 is 0. The van der Waals surface area contributed by atoms with E-state index in [0.717, 1.165) is 43.9 Å². The van der Waals surface area contributed by atoms with Crippen molar-refractivity contribution in [3.8, 4) is 0 Å². The predicted molar refractivity (Wildman–Crippen MR) is 106 cm³/mol. The number of piperazine rings is 1. The van der Waals surface area contributed by atoms with E-state index in [1.165, 1.54) is 0 Å². The van der Waals surface area contributed by atoms with Crippen LogP contribution in [-0.4, -0.2) is 70.9 Å². The maximum Gasteiger partial charge on any atom is 0.257 e. The minimum Gasteiger partial charge on any atom is -0.338 e. The molecule has 0 aliphatic carbocycles. The van der Waals surface area contributed by atoms with Gasteiger partial charge in [0, 0.05) is 51.8 Å². The van der Waals surface area contributed by atoms with E-state index >= 15 is 0 Å². The van der Waals surface area contributed by atoms with Crippen LogP contribution in [0.15, 0.2) is 30.7 Å². The van der Waals surface area contributed by atoms with Crippen molar-refractivity contribution >= 4 is 11.9 Å². The van der Waals surface area contributed by atoms with Crippen molar-refractivity contribution in [1.29, 1.82) is 0 Å². The lowest BCUT2D eigenvalue weighted by Crippen LogP contribution is -2.45. The summed E-state index contributed by atoms with van der Waals surface area (Å²) in [6.07, 6.45) is 6.04. The molecular formula is C20H28N6O. The van der Waals surface area contributed by atoms with Crippen LogP contribution in [-0.2, 0) is 0 Å². The van der Waals surface area contributed by atoms with Crippen LogP contribution < -0.4 is 4.90 Å². The number of pyridine rings is 1. The summed E-state index contributed by atoms with van der Waals surface area (Å²) in [6.45, 7) is 7.75. The molecule has 1 aliphatic rings. The minimum atomic E-state index is -0.0619. The van der Waals surface area contributed by atoms with Gasteiger partial charge in [0.1, 0.15) is 0 Å². The molecule has 7 nitrogen and oxygen atoms in total. The molecule has 3 heterocycles. The van der Waals surface area contributed by atoms with Crippen LogP contribution in [0.5, 0.6) is 0 Å². The van der Waals surface area contributed by atoms with Crippen LogP contribution in [0.2, 0.25) is 0 Å². The second-order valence-corrected chi connectivity index (χ2v) is 7.09. The van der Waals surface area contributed by atoms with Crippen molar-refractivity contribution in [2.24, 2.45) is 0 Å². The quantitative estimate of drug-likeness (QED) is 0.806. The van der Waals surface area contributed by atoms with Crippen LogP contribution in [0.25, 0.3) is 0 Å². The molecule has 0 saturated carbocycles. The van der Waals surface area contributed by atoms with Gasteiger partial charge in [0.05, 0.1) is 17.3 Å². The molecule has 1 saturated heterocycles. The lowest BCUT2D eigenvalue weighted by Gasteiger charge is -2.32. The van der Waals surface area contributed by atoms with E-state index in [4.69, 9.17) is 0 Å². The van der Waals surface area contributed by atoms with Crippen LogP contribution in [0, 0.1) is 6.92 Å². The average molecular weight is 368 g/mol. The van der Waals surface area contributed by atoms with E-state index in [1.54, 1.807) is 17.3 Å². The van der Waals surface area contributed by atoms with E-state index < -0.39 is 0 Å². The first-order valence-electron chi connectivity index (χ1n) is 9.45.